The fourth-order valence-electron chi connectivity index (χ4n) is 1.82. The summed E-state index contributed by atoms with van der Waals surface area (Å²) in [6.45, 7) is 1.72. The molecule has 21 heavy (non-hydrogen) atoms. The van der Waals surface area contributed by atoms with E-state index in [4.69, 9.17) is 0 Å². The molecule has 1 heterocycles. The molecule has 1 aromatic carbocycles. The topological polar surface area (TPSA) is 42.0 Å². The number of hydrogen-bond acceptors (Lipinski definition) is 3. The number of rotatable bonds is 4. The predicted molar refractivity (Wildman–Crippen MR) is 74.3 cm³/mol. The van der Waals surface area contributed by atoms with Gasteiger partial charge in [0.25, 0.3) is 5.91 Å². The first-order valence-electron chi connectivity index (χ1n) is 6.24. The average Bonchev–Trinajstić information content (AvgIpc) is 2.82. The second-order valence-corrected chi connectivity index (χ2v) is 5.60. The first-order valence-corrected chi connectivity index (χ1v) is 7.06. The van der Waals surface area contributed by atoms with Gasteiger partial charge in [0.05, 0.1) is 5.01 Å². The van der Waals surface area contributed by atoms with Gasteiger partial charge in [-0.2, -0.15) is 13.2 Å². The molecular weight excluding hydrogens is 301 g/mol. The molecular formula is C14H13F3N2OS. The zero-order valence-electron chi connectivity index (χ0n) is 11.2. The molecule has 0 fully saturated rings. The van der Waals surface area contributed by atoms with Gasteiger partial charge in [0.2, 0.25) is 0 Å². The third-order valence-electron chi connectivity index (χ3n) is 2.75. The quantitative estimate of drug-likeness (QED) is 0.939. The Morgan fingerprint density at radius 3 is 2.57 bits per heavy atom. The molecule has 1 aromatic heterocycles. The van der Waals surface area contributed by atoms with Crippen molar-refractivity contribution in [1.82, 2.24) is 10.3 Å². The molecule has 2 rings (SSSR count). The molecule has 2 aromatic rings. The van der Waals surface area contributed by atoms with Crippen LogP contribution in [0.3, 0.4) is 0 Å². The normalized spacial score (nSPS) is 11.4. The lowest BCUT2D eigenvalue weighted by molar-refractivity contribution is -0.141. The number of nitrogens with one attached hydrogen (secondary N) is 1. The Balaban J connectivity index is 2.01. The minimum absolute atomic E-state index is 0.218. The standard InChI is InChI=1S/C14H13F3N2OS/c1-9-19-12(14(15,16)17)11(21-9)13(20)18-8-7-10-5-3-2-4-6-10/h2-6H,7-8H2,1H3,(H,18,20). The molecule has 0 radical (unpaired) electrons. The second kappa shape index (κ2) is 6.26. The smallest absolute Gasteiger partial charge is 0.351 e. The minimum Gasteiger partial charge on any atom is -0.351 e. The lowest BCUT2D eigenvalue weighted by Crippen LogP contribution is -2.27. The summed E-state index contributed by atoms with van der Waals surface area (Å²) in [5, 5.41) is 2.72. The van der Waals surface area contributed by atoms with E-state index in [1.54, 1.807) is 0 Å². The summed E-state index contributed by atoms with van der Waals surface area (Å²) in [6.07, 6.45) is -4.05. The van der Waals surface area contributed by atoms with E-state index in [0.29, 0.717) is 6.42 Å². The van der Waals surface area contributed by atoms with E-state index in [-0.39, 0.29) is 16.4 Å². The molecule has 0 aliphatic rings. The largest absolute Gasteiger partial charge is 0.435 e. The highest BCUT2D eigenvalue weighted by molar-refractivity contribution is 7.13. The van der Waals surface area contributed by atoms with Crippen LogP contribution in [0, 0.1) is 6.92 Å². The van der Waals surface area contributed by atoms with Gasteiger partial charge >= 0.3 is 6.18 Å². The van der Waals surface area contributed by atoms with E-state index in [9.17, 15) is 18.0 Å². The molecule has 0 bridgehead atoms. The lowest BCUT2D eigenvalue weighted by Gasteiger charge is -2.07. The second-order valence-electron chi connectivity index (χ2n) is 4.40. The Morgan fingerprint density at radius 2 is 1.95 bits per heavy atom. The van der Waals surface area contributed by atoms with Crippen molar-refractivity contribution in [3.8, 4) is 0 Å². The van der Waals surface area contributed by atoms with Crippen molar-refractivity contribution in [2.24, 2.45) is 0 Å². The Kier molecular flexibility index (Phi) is 4.62. The van der Waals surface area contributed by atoms with Crippen LogP contribution in [0.4, 0.5) is 13.2 Å². The Labute approximate surface area is 123 Å². The molecule has 0 spiro atoms. The molecule has 1 N–H and O–H groups in total. The minimum atomic E-state index is -4.61. The Bertz CT molecular complexity index is 623. The van der Waals surface area contributed by atoms with Crippen LogP contribution in [0.15, 0.2) is 30.3 Å². The van der Waals surface area contributed by atoms with Crippen LogP contribution in [-0.2, 0) is 12.6 Å². The lowest BCUT2D eigenvalue weighted by atomic mass is 10.1. The summed E-state index contributed by atoms with van der Waals surface area (Å²) in [7, 11) is 0. The fraction of sp³-hybridized carbons (Fsp3) is 0.286. The van der Waals surface area contributed by atoms with Gasteiger partial charge in [0, 0.05) is 6.54 Å². The Morgan fingerprint density at radius 1 is 1.29 bits per heavy atom. The SMILES string of the molecule is Cc1nc(C(F)(F)F)c(C(=O)NCCc2ccccc2)s1. The maximum absolute atomic E-state index is 12.8. The van der Waals surface area contributed by atoms with Crippen molar-refractivity contribution in [3.05, 3.63) is 51.5 Å². The molecule has 7 heteroatoms. The van der Waals surface area contributed by atoms with Gasteiger partial charge in [-0.1, -0.05) is 30.3 Å². The number of hydrogen-bond donors (Lipinski definition) is 1. The van der Waals surface area contributed by atoms with Crippen molar-refractivity contribution in [1.29, 1.82) is 0 Å². The van der Waals surface area contributed by atoms with Crippen LogP contribution >= 0.6 is 11.3 Å². The predicted octanol–water partition coefficient (Wildman–Crippen LogP) is 3.44. The summed E-state index contributed by atoms with van der Waals surface area (Å²) >= 11 is 0.752. The van der Waals surface area contributed by atoms with E-state index in [2.05, 4.69) is 10.3 Å². The third kappa shape index (κ3) is 4.04. The third-order valence-corrected chi connectivity index (χ3v) is 3.72. The number of halogens is 3. The highest BCUT2D eigenvalue weighted by atomic mass is 32.1. The number of amides is 1. The van der Waals surface area contributed by atoms with Crippen LogP contribution in [0.2, 0.25) is 0 Å². The number of benzene rings is 1. The van der Waals surface area contributed by atoms with Crippen LogP contribution in [0.1, 0.15) is 25.9 Å². The average molecular weight is 314 g/mol. The fourth-order valence-corrected chi connectivity index (χ4v) is 2.67. The van der Waals surface area contributed by atoms with Crippen molar-refractivity contribution < 1.29 is 18.0 Å². The molecule has 0 aliphatic heterocycles. The molecule has 1 amide bonds. The number of carbonyl (C=O) groups excluding carboxylic acids is 1. The monoisotopic (exact) mass is 314 g/mol. The zero-order chi connectivity index (χ0) is 15.5. The summed E-state index contributed by atoms with van der Waals surface area (Å²) in [4.78, 5) is 14.9. The van der Waals surface area contributed by atoms with Gasteiger partial charge in [-0.3, -0.25) is 4.79 Å². The number of aryl methyl sites for hydroxylation is 1. The maximum Gasteiger partial charge on any atom is 0.435 e. The summed E-state index contributed by atoms with van der Waals surface area (Å²) in [5.74, 6) is -0.733. The van der Waals surface area contributed by atoms with Gasteiger partial charge in [0.15, 0.2) is 5.69 Å². The van der Waals surface area contributed by atoms with E-state index in [0.717, 1.165) is 16.9 Å². The highest BCUT2D eigenvalue weighted by Crippen LogP contribution is 2.34. The first-order chi connectivity index (χ1) is 9.88. The zero-order valence-corrected chi connectivity index (χ0v) is 12.0. The van der Waals surface area contributed by atoms with Gasteiger partial charge < -0.3 is 5.32 Å². The Hall–Kier alpha value is -1.89. The first kappa shape index (κ1) is 15.5. The van der Waals surface area contributed by atoms with Gasteiger partial charge in [-0.25, -0.2) is 4.98 Å². The molecule has 0 unspecified atom stereocenters. The van der Waals surface area contributed by atoms with Crippen molar-refractivity contribution >= 4 is 17.2 Å². The van der Waals surface area contributed by atoms with E-state index in [1.165, 1.54) is 6.92 Å². The number of aromatic nitrogens is 1. The van der Waals surface area contributed by atoms with Crippen LogP contribution in [-0.4, -0.2) is 17.4 Å². The molecule has 0 aliphatic carbocycles. The summed E-state index contributed by atoms with van der Waals surface area (Å²) in [5.41, 5.74) is -0.100. The molecule has 0 atom stereocenters. The van der Waals surface area contributed by atoms with Gasteiger partial charge in [-0.05, 0) is 18.9 Å². The van der Waals surface area contributed by atoms with Gasteiger partial charge in [-0.15, -0.1) is 11.3 Å². The number of alkyl halides is 3. The van der Waals surface area contributed by atoms with E-state index in [1.807, 2.05) is 30.3 Å². The molecule has 112 valence electrons. The number of thiazole rings is 1. The highest BCUT2D eigenvalue weighted by Gasteiger charge is 2.39. The van der Waals surface area contributed by atoms with Crippen molar-refractivity contribution in [3.63, 3.8) is 0 Å². The summed E-state index contributed by atoms with van der Waals surface area (Å²) < 4.78 is 38.3. The van der Waals surface area contributed by atoms with Crippen LogP contribution in [0.25, 0.3) is 0 Å². The molecule has 0 saturated carbocycles. The molecule has 0 saturated heterocycles. The maximum atomic E-state index is 12.8. The summed E-state index contributed by atoms with van der Waals surface area (Å²) in [6, 6.07) is 9.39. The molecule has 3 nitrogen and oxygen atoms in total. The van der Waals surface area contributed by atoms with E-state index >= 15 is 0 Å². The van der Waals surface area contributed by atoms with E-state index < -0.39 is 17.8 Å². The van der Waals surface area contributed by atoms with Crippen LogP contribution < -0.4 is 5.32 Å². The van der Waals surface area contributed by atoms with Crippen LogP contribution in [0.5, 0.6) is 0 Å². The number of carbonyl (C=O) groups is 1. The van der Waals surface area contributed by atoms with Crippen molar-refractivity contribution in [2.45, 2.75) is 19.5 Å². The van der Waals surface area contributed by atoms with Crippen molar-refractivity contribution in [2.75, 3.05) is 6.54 Å². The number of nitrogens with zero attached hydrogens (tertiary/aromatic N) is 1. The van der Waals surface area contributed by atoms with Gasteiger partial charge in [0.1, 0.15) is 4.88 Å².